The van der Waals surface area contributed by atoms with Gasteiger partial charge in [0.1, 0.15) is 11.6 Å². The van der Waals surface area contributed by atoms with Crippen molar-refractivity contribution in [2.45, 2.75) is 37.8 Å². The molecule has 0 saturated heterocycles. The fourth-order valence-corrected chi connectivity index (χ4v) is 3.99. The van der Waals surface area contributed by atoms with Crippen LogP contribution in [0.4, 0.5) is 21.7 Å². The van der Waals surface area contributed by atoms with E-state index in [0.717, 1.165) is 48.6 Å². The molecule has 1 amide bonds. The van der Waals surface area contributed by atoms with E-state index in [4.69, 9.17) is 16.2 Å². The van der Waals surface area contributed by atoms with Crippen LogP contribution in [0.3, 0.4) is 0 Å². The summed E-state index contributed by atoms with van der Waals surface area (Å²) < 4.78 is 20.0. The molecule has 1 fully saturated rings. The molecular formula is C24H27FN6O2. The van der Waals surface area contributed by atoms with Crippen LogP contribution in [0.25, 0.3) is 11.1 Å². The first-order chi connectivity index (χ1) is 15.9. The van der Waals surface area contributed by atoms with Gasteiger partial charge in [-0.1, -0.05) is 25.0 Å². The summed E-state index contributed by atoms with van der Waals surface area (Å²) in [6, 6.07) is 10.3. The number of anilines is 3. The summed E-state index contributed by atoms with van der Waals surface area (Å²) in [6.07, 6.45) is 7.06. The van der Waals surface area contributed by atoms with Gasteiger partial charge in [-0.25, -0.2) is 9.37 Å². The minimum Gasteiger partial charge on any atom is -0.497 e. The van der Waals surface area contributed by atoms with Crippen molar-refractivity contribution in [1.82, 2.24) is 9.97 Å². The van der Waals surface area contributed by atoms with Crippen LogP contribution in [0.15, 0.2) is 48.8 Å². The number of primary amides is 1. The second-order valence-electron chi connectivity index (χ2n) is 8.10. The molecule has 0 radical (unpaired) electrons. The third-order valence-electron chi connectivity index (χ3n) is 5.79. The van der Waals surface area contributed by atoms with Crippen LogP contribution in [-0.2, 0) is 0 Å². The maximum Gasteiger partial charge on any atom is 0.252 e. The highest BCUT2D eigenvalue weighted by molar-refractivity contribution is 5.98. The Hall–Kier alpha value is -3.72. The molecule has 0 spiro atoms. The lowest BCUT2D eigenvalue weighted by Crippen LogP contribution is -2.43. The standard InChI is InChI=1S/C24H27FN6O2/c1-33-17-6-4-5-14(10-17)15-9-16(13-28-12-15)29-23-18(22(27)32)11-19(25)24(31-23)30-21-8-3-2-7-20(21)26/h4-6,9-13,20-21H,2-3,7-8,26H2,1H3,(H2,27,32)(H2,29,30,31)/t20?,21-/m1/s1. The second kappa shape index (κ2) is 9.83. The van der Waals surface area contributed by atoms with Gasteiger partial charge in [-0.15, -0.1) is 0 Å². The van der Waals surface area contributed by atoms with Crippen LogP contribution in [-0.4, -0.2) is 35.1 Å². The number of halogens is 1. The minimum atomic E-state index is -0.790. The zero-order valence-corrected chi connectivity index (χ0v) is 18.3. The van der Waals surface area contributed by atoms with Crippen LogP contribution < -0.4 is 26.8 Å². The normalized spacial score (nSPS) is 17.9. The molecule has 0 aliphatic heterocycles. The predicted octanol–water partition coefficient (Wildman–Crippen LogP) is 3.82. The molecule has 3 aromatic rings. The average molecular weight is 451 g/mol. The number of amides is 1. The Balaban J connectivity index is 1.64. The Morgan fingerprint density at radius 2 is 1.94 bits per heavy atom. The molecule has 1 aromatic carbocycles. The van der Waals surface area contributed by atoms with Crippen LogP contribution in [0.1, 0.15) is 36.0 Å². The fraction of sp³-hybridized carbons (Fsp3) is 0.292. The molecule has 1 aliphatic rings. The van der Waals surface area contributed by atoms with Crippen molar-refractivity contribution < 1.29 is 13.9 Å². The lowest BCUT2D eigenvalue weighted by atomic mass is 9.91. The third kappa shape index (κ3) is 5.20. The van der Waals surface area contributed by atoms with Crippen LogP contribution in [0.5, 0.6) is 5.75 Å². The summed E-state index contributed by atoms with van der Waals surface area (Å²) in [4.78, 5) is 20.6. The van der Waals surface area contributed by atoms with Crippen LogP contribution in [0, 0.1) is 5.82 Å². The quantitative estimate of drug-likeness (QED) is 0.431. The van der Waals surface area contributed by atoms with Crippen molar-refractivity contribution in [1.29, 1.82) is 0 Å². The van der Waals surface area contributed by atoms with Crippen molar-refractivity contribution in [3.63, 3.8) is 0 Å². The van der Waals surface area contributed by atoms with Crippen molar-refractivity contribution in [3.05, 3.63) is 60.2 Å². The molecule has 0 bridgehead atoms. The predicted molar refractivity (Wildman–Crippen MR) is 126 cm³/mol. The van der Waals surface area contributed by atoms with Gasteiger partial charge in [0.2, 0.25) is 0 Å². The van der Waals surface area contributed by atoms with E-state index in [2.05, 4.69) is 20.6 Å². The molecule has 1 unspecified atom stereocenters. The van der Waals surface area contributed by atoms with Gasteiger partial charge in [-0.2, -0.15) is 0 Å². The van der Waals surface area contributed by atoms with E-state index in [1.165, 1.54) is 0 Å². The van der Waals surface area contributed by atoms with E-state index in [-0.39, 0.29) is 29.3 Å². The molecule has 2 atom stereocenters. The number of nitrogens with one attached hydrogen (secondary N) is 2. The van der Waals surface area contributed by atoms with Gasteiger partial charge in [-0.3, -0.25) is 9.78 Å². The number of ether oxygens (including phenoxy) is 1. The third-order valence-corrected chi connectivity index (χ3v) is 5.79. The number of aromatic nitrogens is 2. The number of methoxy groups -OCH3 is 1. The van der Waals surface area contributed by atoms with Gasteiger partial charge in [-0.05, 0) is 42.7 Å². The van der Waals surface area contributed by atoms with E-state index in [9.17, 15) is 9.18 Å². The minimum absolute atomic E-state index is 0.0294. The summed E-state index contributed by atoms with van der Waals surface area (Å²) in [5.41, 5.74) is 13.9. The summed E-state index contributed by atoms with van der Waals surface area (Å²) in [5.74, 6) is -0.557. The van der Waals surface area contributed by atoms with Crippen molar-refractivity contribution in [2.24, 2.45) is 11.5 Å². The monoisotopic (exact) mass is 450 g/mol. The van der Waals surface area contributed by atoms with Gasteiger partial charge in [0.25, 0.3) is 5.91 Å². The van der Waals surface area contributed by atoms with Crippen molar-refractivity contribution in [3.8, 4) is 16.9 Å². The Kier molecular flexibility index (Phi) is 6.69. The van der Waals surface area contributed by atoms with Crippen molar-refractivity contribution in [2.75, 3.05) is 17.7 Å². The van der Waals surface area contributed by atoms with Gasteiger partial charge in [0.15, 0.2) is 11.6 Å². The molecule has 9 heteroatoms. The summed E-state index contributed by atoms with van der Waals surface area (Å²) in [5, 5.41) is 6.17. The summed E-state index contributed by atoms with van der Waals surface area (Å²) in [6.45, 7) is 0. The number of carbonyl (C=O) groups is 1. The number of rotatable bonds is 7. The van der Waals surface area contributed by atoms with Crippen molar-refractivity contribution >= 4 is 23.2 Å². The number of hydrogen-bond acceptors (Lipinski definition) is 7. The number of nitrogens with zero attached hydrogens (tertiary/aromatic N) is 2. The number of nitrogens with two attached hydrogens (primary N) is 2. The first kappa shape index (κ1) is 22.5. The van der Waals surface area contributed by atoms with E-state index in [0.29, 0.717) is 5.69 Å². The zero-order valence-electron chi connectivity index (χ0n) is 18.3. The van der Waals surface area contributed by atoms with Gasteiger partial charge in [0, 0.05) is 23.8 Å². The molecule has 172 valence electrons. The maximum absolute atomic E-state index is 14.7. The summed E-state index contributed by atoms with van der Waals surface area (Å²) in [7, 11) is 1.60. The SMILES string of the molecule is COc1cccc(-c2cncc(Nc3nc(N[C@@H]4CCCCC4N)c(F)cc3C(N)=O)c2)c1. The molecule has 6 N–H and O–H groups in total. The van der Waals surface area contributed by atoms with Crippen LogP contribution in [0.2, 0.25) is 0 Å². The number of carbonyl (C=O) groups excluding carboxylic acids is 1. The molecule has 4 rings (SSSR count). The molecule has 1 saturated carbocycles. The highest BCUT2D eigenvalue weighted by Gasteiger charge is 2.24. The highest BCUT2D eigenvalue weighted by Crippen LogP contribution is 2.29. The Bertz CT molecular complexity index is 1160. The molecular weight excluding hydrogens is 423 g/mol. The Labute approximate surface area is 191 Å². The molecule has 2 heterocycles. The number of hydrogen-bond donors (Lipinski definition) is 4. The maximum atomic E-state index is 14.7. The van der Waals surface area contributed by atoms with Gasteiger partial charge < -0.3 is 26.8 Å². The number of pyridine rings is 2. The van der Waals surface area contributed by atoms with E-state index in [1.807, 2.05) is 30.3 Å². The van der Waals surface area contributed by atoms with E-state index >= 15 is 0 Å². The molecule has 8 nitrogen and oxygen atoms in total. The summed E-state index contributed by atoms with van der Waals surface area (Å²) >= 11 is 0. The molecule has 1 aliphatic carbocycles. The average Bonchev–Trinajstić information content (AvgIpc) is 2.82. The highest BCUT2D eigenvalue weighted by atomic mass is 19.1. The topological polar surface area (TPSA) is 128 Å². The lowest BCUT2D eigenvalue weighted by molar-refractivity contribution is 0.100. The smallest absolute Gasteiger partial charge is 0.252 e. The lowest BCUT2D eigenvalue weighted by Gasteiger charge is -2.30. The largest absolute Gasteiger partial charge is 0.497 e. The van der Waals surface area contributed by atoms with Crippen LogP contribution >= 0.6 is 0 Å². The Morgan fingerprint density at radius 1 is 1.12 bits per heavy atom. The molecule has 33 heavy (non-hydrogen) atoms. The van der Waals surface area contributed by atoms with Gasteiger partial charge in [0.05, 0.1) is 24.6 Å². The van der Waals surface area contributed by atoms with Gasteiger partial charge >= 0.3 is 0 Å². The first-order valence-corrected chi connectivity index (χ1v) is 10.8. The Morgan fingerprint density at radius 3 is 2.70 bits per heavy atom. The molecule has 2 aromatic heterocycles. The zero-order chi connectivity index (χ0) is 23.4. The second-order valence-corrected chi connectivity index (χ2v) is 8.10. The van der Waals surface area contributed by atoms with E-state index in [1.54, 1.807) is 19.5 Å². The van der Waals surface area contributed by atoms with E-state index < -0.39 is 11.7 Å². The fourth-order valence-electron chi connectivity index (χ4n) is 3.99. The first-order valence-electron chi connectivity index (χ1n) is 10.8. The number of benzene rings is 1.